The van der Waals surface area contributed by atoms with Gasteiger partial charge in [-0.05, 0) is 84.7 Å². The van der Waals surface area contributed by atoms with E-state index in [-0.39, 0.29) is 89.3 Å². The fourth-order valence-corrected chi connectivity index (χ4v) is 11.0. The predicted octanol–water partition coefficient (Wildman–Crippen LogP) is 6.96. The van der Waals surface area contributed by atoms with Crippen LogP contribution in [0.25, 0.3) is 16.1 Å². The Kier molecular flexibility index (Phi) is 20.3. The summed E-state index contributed by atoms with van der Waals surface area (Å²) in [5.41, 5.74) is 11.7. The second kappa shape index (κ2) is 26.1. The van der Waals surface area contributed by atoms with Crippen LogP contribution in [0.1, 0.15) is 85.0 Å². The van der Waals surface area contributed by atoms with Crippen LogP contribution in [0.4, 0.5) is 0 Å². The lowest BCUT2D eigenvalue weighted by molar-refractivity contribution is -0.144. The Hall–Kier alpha value is -5.27. The lowest BCUT2D eigenvalue weighted by Gasteiger charge is -2.35. The summed E-state index contributed by atoms with van der Waals surface area (Å²) in [4.78, 5) is 58.4. The first-order valence-corrected chi connectivity index (χ1v) is 26.5. The van der Waals surface area contributed by atoms with Crippen molar-refractivity contribution in [3.8, 4) is 0 Å². The molecule has 4 amide bonds. The van der Waals surface area contributed by atoms with Gasteiger partial charge < -0.3 is 50.9 Å². The van der Waals surface area contributed by atoms with Gasteiger partial charge in [0.05, 0.1) is 56.8 Å². The van der Waals surface area contributed by atoms with E-state index >= 15 is 0 Å². The van der Waals surface area contributed by atoms with E-state index in [0.717, 1.165) is 55.6 Å². The van der Waals surface area contributed by atoms with Crippen LogP contribution in [-0.4, -0.2) is 122 Å². The molecule has 1 aromatic heterocycles. The fraction of sp³-hybridized carbons (Fsp3) is 0.463. The minimum absolute atomic E-state index is 0.0215. The number of thioether (sulfide) groups is 1. The van der Waals surface area contributed by atoms with Crippen LogP contribution in [0.3, 0.4) is 0 Å². The summed E-state index contributed by atoms with van der Waals surface area (Å²) in [6.45, 7) is 23.7. The van der Waals surface area contributed by atoms with Gasteiger partial charge in [-0.3, -0.25) is 19.2 Å². The molecule has 0 saturated carbocycles. The predicted molar refractivity (Wildman–Crippen MR) is 289 cm³/mol. The molecular formula is C54H70ClN7O8S2. The first-order chi connectivity index (χ1) is 34.4. The number of likely N-dealkylation sites (tertiary alicyclic amines) is 1. The maximum Gasteiger partial charge on any atom is 0.246 e. The van der Waals surface area contributed by atoms with Crippen LogP contribution in [0.2, 0.25) is 5.02 Å². The van der Waals surface area contributed by atoms with Crippen LogP contribution in [0.15, 0.2) is 84.6 Å². The fourth-order valence-electron chi connectivity index (χ4n) is 8.56. The summed E-state index contributed by atoms with van der Waals surface area (Å²) in [7, 11) is 0. The highest BCUT2D eigenvalue weighted by Gasteiger charge is 2.44. The van der Waals surface area contributed by atoms with Gasteiger partial charge in [0.1, 0.15) is 18.7 Å². The van der Waals surface area contributed by atoms with Gasteiger partial charge in [0, 0.05) is 69.3 Å². The van der Waals surface area contributed by atoms with Crippen molar-refractivity contribution in [1.82, 2.24) is 31.6 Å². The molecule has 6 N–H and O–H groups in total. The Morgan fingerprint density at radius 3 is 2.31 bits per heavy atom. The molecule has 2 aromatic carbocycles. The maximum absolute atomic E-state index is 14.0. The highest BCUT2D eigenvalue weighted by molar-refractivity contribution is 8.08. The van der Waals surface area contributed by atoms with Crippen LogP contribution < -0.4 is 26.7 Å². The molecule has 5 atom stereocenters. The van der Waals surface area contributed by atoms with E-state index in [1.165, 1.54) is 20.2 Å². The average molecular weight is 1040 g/mol. The minimum atomic E-state index is -0.977. The molecule has 3 aliphatic heterocycles. The summed E-state index contributed by atoms with van der Waals surface area (Å²) in [5, 5.41) is 27.8. The SMILES string of the molecule is C=C[C@H](CC(=O)NCCOCCOCCOCC(=O)N[C@@H](C(=O)N1CC(O)C[C@@H]1C(=O)NCc1ccc(C2=C(C)NCS2)cc1)C(C)(C)C)C1=NNC(C)C(c2sc(C)c(C)c2C(=C)c2ccc(Cl)cc2)=C1. The van der Waals surface area contributed by atoms with E-state index in [2.05, 4.69) is 71.8 Å². The Bertz CT molecular complexity index is 2540. The first kappa shape index (κ1) is 56.0. The average Bonchev–Trinajstić information content (AvgIpc) is 4.05. The number of benzene rings is 2. The van der Waals surface area contributed by atoms with E-state index in [9.17, 15) is 24.3 Å². The number of amides is 4. The van der Waals surface area contributed by atoms with Crippen LogP contribution >= 0.6 is 34.7 Å². The Balaban J connectivity index is 0.862. The minimum Gasteiger partial charge on any atom is -0.391 e. The number of halogens is 1. The molecule has 6 rings (SSSR count). The maximum atomic E-state index is 14.0. The molecule has 72 heavy (non-hydrogen) atoms. The third kappa shape index (κ3) is 14.9. The van der Waals surface area contributed by atoms with Gasteiger partial charge >= 0.3 is 0 Å². The van der Waals surface area contributed by atoms with Gasteiger partial charge in [-0.1, -0.05) is 81.4 Å². The smallest absolute Gasteiger partial charge is 0.246 e. The number of carbonyl (C=O) groups is 4. The number of nitrogens with zero attached hydrogens (tertiary/aromatic N) is 2. The van der Waals surface area contributed by atoms with E-state index in [0.29, 0.717) is 11.6 Å². The van der Waals surface area contributed by atoms with Crippen LogP contribution in [0.5, 0.6) is 0 Å². The monoisotopic (exact) mass is 1040 g/mol. The summed E-state index contributed by atoms with van der Waals surface area (Å²) in [6, 6.07) is 13.8. The van der Waals surface area contributed by atoms with Gasteiger partial charge in [0.15, 0.2) is 0 Å². The second-order valence-electron chi connectivity index (χ2n) is 19.2. The molecule has 0 radical (unpaired) electrons. The lowest BCUT2D eigenvalue weighted by atomic mass is 9.85. The van der Waals surface area contributed by atoms with Crippen molar-refractivity contribution in [1.29, 1.82) is 0 Å². The van der Waals surface area contributed by atoms with Gasteiger partial charge in [0.25, 0.3) is 0 Å². The number of aliphatic hydroxyl groups is 1. The molecule has 4 heterocycles. The standard InChI is InChI=1S/C54H70ClN7O8S2/c1-10-38(44-27-43(34(4)60-61-44)50-48(32(2)36(6)72-50)33(3)39-15-17-41(55)18-16-39)25-46(64)56-19-20-68-21-22-69-23-24-70-30-47(65)59-51(54(7,8)9)53(67)62-29-42(63)26-45(62)52(66)57-28-37-11-13-40(14-12-37)49-35(5)58-31-71-49/h10-18,27,34,38,42,45,51,58,60,63H,1,3,19-26,28-31H2,2,4-9H3,(H,56,64)(H,57,66)(H,59,65)/t34?,38-,42?,45-,51+/m1/s1. The number of allylic oxidation sites excluding steroid dienone is 3. The molecule has 0 spiro atoms. The van der Waals surface area contributed by atoms with Crippen molar-refractivity contribution in [2.45, 2.75) is 92.1 Å². The van der Waals surface area contributed by atoms with Gasteiger partial charge in [-0.2, -0.15) is 5.10 Å². The van der Waals surface area contributed by atoms with Crippen LogP contribution in [-0.2, 0) is 39.9 Å². The number of aryl methyl sites for hydroxylation is 1. The Morgan fingerprint density at radius 1 is 0.972 bits per heavy atom. The van der Waals surface area contributed by atoms with Gasteiger partial charge in [-0.15, -0.1) is 29.7 Å². The summed E-state index contributed by atoms with van der Waals surface area (Å²) < 4.78 is 16.8. The molecule has 1 fully saturated rings. The Morgan fingerprint density at radius 2 is 1.65 bits per heavy atom. The number of thiophene rings is 1. The van der Waals surface area contributed by atoms with Crippen molar-refractivity contribution < 1.29 is 38.5 Å². The van der Waals surface area contributed by atoms with Gasteiger partial charge in [0.2, 0.25) is 23.6 Å². The largest absolute Gasteiger partial charge is 0.391 e. The molecule has 0 aliphatic carbocycles. The zero-order valence-electron chi connectivity index (χ0n) is 42.5. The highest BCUT2D eigenvalue weighted by atomic mass is 35.5. The molecular weight excluding hydrogens is 974 g/mol. The molecule has 1 saturated heterocycles. The summed E-state index contributed by atoms with van der Waals surface area (Å²) in [6.07, 6.45) is 3.19. The number of ether oxygens (including phenoxy) is 3. The second-order valence-corrected chi connectivity index (χ2v) is 21.9. The number of nitrogens with one attached hydrogen (secondary N) is 5. The lowest BCUT2D eigenvalue weighted by Crippen LogP contribution is -2.58. The molecule has 15 nitrogen and oxygen atoms in total. The summed E-state index contributed by atoms with van der Waals surface area (Å²) in [5.74, 6) is -0.957. The molecule has 2 unspecified atom stereocenters. The molecule has 3 aromatic rings. The zero-order valence-corrected chi connectivity index (χ0v) is 44.8. The first-order valence-electron chi connectivity index (χ1n) is 24.3. The van der Waals surface area contributed by atoms with Crippen molar-refractivity contribution >= 4 is 80.1 Å². The molecule has 388 valence electrons. The molecule has 18 heteroatoms. The zero-order chi connectivity index (χ0) is 52.1. The van der Waals surface area contributed by atoms with Crippen molar-refractivity contribution in [2.24, 2.45) is 16.4 Å². The quantitative estimate of drug-likeness (QED) is 0.0402. The highest BCUT2D eigenvalue weighted by Crippen LogP contribution is 2.41. The van der Waals surface area contributed by atoms with Crippen molar-refractivity contribution in [3.05, 3.63) is 122 Å². The Labute approximate surface area is 437 Å². The van der Waals surface area contributed by atoms with Gasteiger partial charge in [-0.25, -0.2) is 0 Å². The molecule has 0 bridgehead atoms. The van der Waals surface area contributed by atoms with Crippen molar-refractivity contribution in [3.63, 3.8) is 0 Å². The third-order valence-corrected chi connectivity index (χ3v) is 15.4. The number of carbonyl (C=O) groups excluding carboxylic acids is 4. The number of β-amino-alcohol motifs (C(OH)–C–C–N with tert-alkyl or cyclic N) is 1. The number of rotatable bonds is 24. The number of hydrazone groups is 1. The number of aliphatic hydroxyl groups excluding tert-OH is 1. The number of hydrogen-bond donors (Lipinski definition) is 6. The normalized spacial score (nSPS) is 18.6. The van der Waals surface area contributed by atoms with Crippen LogP contribution in [0, 0.1) is 25.2 Å². The van der Waals surface area contributed by atoms with E-state index < -0.39 is 35.4 Å². The third-order valence-electron chi connectivity index (χ3n) is 12.8. The summed E-state index contributed by atoms with van der Waals surface area (Å²) >= 11 is 9.64. The van der Waals surface area contributed by atoms with Crippen molar-refractivity contribution in [2.75, 3.05) is 58.6 Å². The number of hydrogen-bond acceptors (Lipinski definition) is 13. The van der Waals surface area contributed by atoms with E-state index in [1.807, 2.05) is 76.2 Å². The van der Waals surface area contributed by atoms with E-state index in [1.54, 1.807) is 29.2 Å². The topological polar surface area (TPSA) is 192 Å². The molecule has 3 aliphatic rings. The van der Waals surface area contributed by atoms with E-state index in [4.69, 9.17) is 25.8 Å².